The van der Waals surface area contributed by atoms with Crippen LogP contribution in [0.5, 0.6) is 0 Å². The molecule has 2 rings (SSSR count). The van der Waals surface area contributed by atoms with Crippen molar-refractivity contribution in [2.75, 3.05) is 0 Å². The number of thiophene rings is 2. The molecule has 2 heterocycles. The molecule has 0 bridgehead atoms. The fourth-order valence-corrected chi connectivity index (χ4v) is 3.94. The maximum absolute atomic E-state index is 6.48. The third kappa shape index (κ3) is 2.27. The minimum atomic E-state index is 0.0219. The molecular weight excluding hydrogens is 244 g/mol. The highest BCUT2D eigenvalue weighted by atomic mass is 35.5. The van der Waals surface area contributed by atoms with Crippen LogP contribution in [0, 0.1) is 20.8 Å². The van der Waals surface area contributed by atoms with Crippen molar-refractivity contribution < 1.29 is 0 Å². The molecule has 1 unspecified atom stereocenters. The van der Waals surface area contributed by atoms with Gasteiger partial charge in [-0.3, -0.25) is 0 Å². The molecule has 0 radical (unpaired) electrons. The predicted octanol–water partition coefficient (Wildman–Crippen LogP) is 5.06. The van der Waals surface area contributed by atoms with Crippen molar-refractivity contribution in [3.63, 3.8) is 0 Å². The van der Waals surface area contributed by atoms with Crippen molar-refractivity contribution in [2.45, 2.75) is 26.1 Å². The quantitative estimate of drug-likeness (QED) is 0.659. The van der Waals surface area contributed by atoms with Gasteiger partial charge in [-0.25, -0.2) is 0 Å². The van der Waals surface area contributed by atoms with Gasteiger partial charge in [-0.05, 0) is 49.4 Å². The van der Waals surface area contributed by atoms with Gasteiger partial charge in [0.2, 0.25) is 0 Å². The van der Waals surface area contributed by atoms with Crippen LogP contribution in [0.2, 0.25) is 0 Å². The molecule has 0 aliphatic carbocycles. The lowest BCUT2D eigenvalue weighted by Crippen LogP contribution is -1.89. The molecule has 1 atom stereocenters. The van der Waals surface area contributed by atoms with Crippen molar-refractivity contribution in [1.29, 1.82) is 0 Å². The van der Waals surface area contributed by atoms with E-state index in [2.05, 4.69) is 38.3 Å². The SMILES string of the molecule is Cc1cc(C(Cl)c2sc(C)cc2C)cs1. The normalized spacial score (nSPS) is 13.1. The van der Waals surface area contributed by atoms with E-state index in [0.717, 1.165) is 0 Å². The summed E-state index contributed by atoms with van der Waals surface area (Å²) in [5.74, 6) is 0. The molecule has 0 fully saturated rings. The number of hydrogen-bond acceptors (Lipinski definition) is 2. The zero-order chi connectivity index (χ0) is 11.0. The summed E-state index contributed by atoms with van der Waals surface area (Å²) in [5, 5.41) is 2.18. The Morgan fingerprint density at radius 2 is 1.87 bits per heavy atom. The van der Waals surface area contributed by atoms with E-state index in [-0.39, 0.29) is 5.38 Å². The second kappa shape index (κ2) is 4.28. The van der Waals surface area contributed by atoms with Gasteiger partial charge in [-0.1, -0.05) is 0 Å². The summed E-state index contributed by atoms with van der Waals surface area (Å²) in [4.78, 5) is 3.94. The predicted molar refractivity (Wildman–Crippen MR) is 70.5 cm³/mol. The minimum Gasteiger partial charge on any atom is -0.149 e. The molecule has 2 aromatic rings. The van der Waals surface area contributed by atoms with Gasteiger partial charge in [0.25, 0.3) is 0 Å². The van der Waals surface area contributed by atoms with Gasteiger partial charge < -0.3 is 0 Å². The molecular formula is C12H13ClS2. The summed E-state index contributed by atoms with van der Waals surface area (Å²) in [6.07, 6.45) is 0. The highest BCUT2D eigenvalue weighted by molar-refractivity contribution is 7.12. The highest BCUT2D eigenvalue weighted by Gasteiger charge is 2.16. The van der Waals surface area contributed by atoms with E-state index >= 15 is 0 Å². The van der Waals surface area contributed by atoms with E-state index in [9.17, 15) is 0 Å². The Hall–Kier alpha value is -0.310. The summed E-state index contributed by atoms with van der Waals surface area (Å²) in [6.45, 7) is 6.38. The fourth-order valence-electron chi connectivity index (χ4n) is 1.66. The van der Waals surface area contributed by atoms with E-state index in [1.54, 1.807) is 22.7 Å². The van der Waals surface area contributed by atoms with Gasteiger partial charge in [0, 0.05) is 14.6 Å². The second-order valence-corrected chi connectivity index (χ2v) is 6.60. The minimum absolute atomic E-state index is 0.0219. The molecule has 0 N–H and O–H groups in total. The van der Waals surface area contributed by atoms with E-state index in [0.29, 0.717) is 0 Å². The van der Waals surface area contributed by atoms with E-state index < -0.39 is 0 Å². The second-order valence-electron chi connectivity index (χ2n) is 3.76. The van der Waals surface area contributed by atoms with Crippen LogP contribution >= 0.6 is 34.3 Å². The summed E-state index contributed by atoms with van der Waals surface area (Å²) >= 11 is 10.0. The van der Waals surface area contributed by atoms with Crippen LogP contribution in [0.25, 0.3) is 0 Å². The first-order chi connectivity index (χ1) is 7.08. The number of alkyl halides is 1. The maximum atomic E-state index is 6.48. The molecule has 2 aromatic heterocycles. The number of aryl methyl sites for hydroxylation is 3. The largest absolute Gasteiger partial charge is 0.149 e. The standard InChI is InChI=1S/C12H13ClS2/c1-7-4-9(3)15-12(7)11(13)10-5-8(2)14-6-10/h4-6,11H,1-3H3. The van der Waals surface area contributed by atoms with Crippen molar-refractivity contribution in [1.82, 2.24) is 0 Å². The first kappa shape index (κ1) is 11.2. The first-order valence-corrected chi connectivity index (χ1v) is 6.97. The summed E-state index contributed by atoms with van der Waals surface area (Å²) in [5.41, 5.74) is 2.53. The van der Waals surface area contributed by atoms with Gasteiger partial charge in [0.1, 0.15) is 0 Å². The third-order valence-electron chi connectivity index (χ3n) is 2.35. The Kier molecular flexibility index (Phi) is 3.19. The lowest BCUT2D eigenvalue weighted by Gasteiger charge is -2.06. The van der Waals surface area contributed by atoms with Crippen LogP contribution in [0.15, 0.2) is 17.5 Å². The summed E-state index contributed by atoms with van der Waals surface area (Å²) < 4.78 is 0. The average Bonchev–Trinajstić information content (AvgIpc) is 2.71. The number of hydrogen-bond donors (Lipinski definition) is 0. The van der Waals surface area contributed by atoms with E-state index in [1.807, 2.05) is 0 Å². The lowest BCUT2D eigenvalue weighted by atomic mass is 10.1. The van der Waals surface area contributed by atoms with Gasteiger partial charge in [0.05, 0.1) is 5.38 Å². The molecule has 0 aromatic carbocycles. The molecule has 0 amide bonds. The average molecular weight is 257 g/mol. The van der Waals surface area contributed by atoms with Crippen LogP contribution < -0.4 is 0 Å². The molecule has 15 heavy (non-hydrogen) atoms. The Morgan fingerprint density at radius 3 is 2.33 bits per heavy atom. The third-order valence-corrected chi connectivity index (χ3v) is 5.05. The molecule has 0 saturated heterocycles. The Bertz CT molecular complexity index is 468. The zero-order valence-electron chi connectivity index (χ0n) is 9.00. The molecule has 0 saturated carbocycles. The maximum Gasteiger partial charge on any atom is 0.0938 e. The van der Waals surface area contributed by atoms with Crippen molar-refractivity contribution >= 4 is 34.3 Å². The Morgan fingerprint density at radius 1 is 1.13 bits per heavy atom. The first-order valence-electron chi connectivity index (χ1n) is 4.84. The molecule has 0 aliphatic rings. The molecule has 0 spiro atoms. The molecule has 3 heteroatoms. The Balaban J connectivity index is 2.35. The van der Waals surface area contributed by atoms with Crippen molar-refractivity contribution in [3.8, 4) is 0 Å². The van der Waals surface area contributed by atoms with Crippen LogP contribution in [0.4, 0.5) is 0 Å². The van der Waals surface area contributed by atoms with Crippen LogP contribution in [-0.4, -0.2) is 0 Å². The highest BCUT2D eigenvalue weighted by Crippen LogP contribution is 2.37. The van der Waals surface area contributed by atoms with Crippen LogP contribution in [0.1, 0.15) is 31.1 Å². The number of rotatable bonds is 2. The summed E-state index contributed by atoms with van der Waals surface area (Å²) in [6, 6.07) is 4.38. The monoisotopic (exact) mass is 256 g/mol. The van der Waals surface area contributed by atoms with Crippen molar-refractivity contribution in [2.24, 2.45) is 0 Å². The van der Waals surface area contributed by atoms with Gasteiger partial charge in [-0.15, -0.1) is 34.3 Å². The fraction of sp³-hybridized carbons (Fsp3) is 0.333. The van der Waals surface area contributed by atoms with Gasteiger partial charge >= 0.3 is 0 Å². The summed E-state index contributed by atoms with van der Waals surface area (Å²) in [7, 11) is 0. The Labute approximate surface area is 104 Å². The van der Waals surface area contributed by atoms with E-state index in [1.165, 1.54) is 25.8 Å². The molecule has 80 valence electrons. The zero-order valence-corrected chi connectivity index (χ0v) is 11.4. The van der Waals surface area contributed by atoms with Crippen molar-refractivity contribution in [3.05, 3.63) is 43.3 Å². The lowest BCUT2D eigenvalue weighted by molar-refractivity contribution is 1.17. The van der Waals surface area contributed by atoms with E-state index in [4.69, 9.17) is 11.6 Å². The molecule has 0 aliphatic heterocycles. The van der Waals surface area contributed by atoms with Gasteiger partial charge in [0.15, 0.2) is 0 Å². The molecule has 0 nitrogen and oxygen atoms in total. The van der Waals surface area contributed by atoms with Gasteiger partial charge in [-0.2, -0.15) is 0 Å². The van der Waals surface area contributed by atoms with Crippen LogP contribution in [0.3, 0.4) is 0 Å². The van der Waals surface area contributed by atoms with Crippen LogP contribution in [-0.2, 0) is 0 Å². The smallest absolute Gasteiger partial charge is 0.0938 e. The number of halogens is 1. The topological polar surface area (TPSA) is 0 Å².